The van der Waals surface area contributed by atoms with Crippen LogP contribution in [0.3, 0.4) is 0 Å². The standard InChI is InChI=1S/C19H28O3/c1-6-17(20)22-19(7-2,8-3)14-15-21-18(4,5)16-12-10-9-11-13-16/h6,9-13H,1,7-8,14-15H2,2-5H3. The first-order valence-corrected chi connectivity index (χ1v) is 7.94. The molecular weight excluding hydrogens is 276 g/mol. The number of carbonyl (C=O) groups is 1. The zero-order chi connectivity index (χ0) is 16.6. The van der Waals surface area contributed by atoms with Crippen molar-refractivity contribution in [3.8, 4) is 0 Å². The molecule has 0 unspecified atom stereocenters. The maximum atomic E-state index is 11.5. The van der Waals surface area contributed by atoms with Crippen molar-refractivity contribution in [1.82, 2.24) is 0 Å². The lowest BCUT2D eigenvalue weighted by Gasteiger charge is -2.33. The first-order chi connectivity index (χ1) is 10.4. The summed E-state index contributed by atoms with van der Waals surface area (Å²) in [6.07, 6.45) is 3.42. The molecule has 22 heavy (non-hydrogen) atoms. The molecule has 0 saturated heterocycles. The third kappa shape index (κ3) is 4.99. The summed E-state index contributed by atoms with van der Waals surface area (Å²) in [5, 5.41) is 0. The second-order valence-corrected chi connectivity index (χ2v) is 5.99. The van der Waals surface area contributed by atoms with Crippen LogP contribution in [0.25, 0.3) is 0 Å². The van der Waals surface area contributed by atoms with Gasteiger partial charge in [-0.2, -0.15) is 0 Å². The van der Waals surface area contributed by atoms with Gasteiger partial charge in [-0.25, -0.2) is 4.79 Å². The molecule has 0 aliphatic heterocycles. The number of hydrogen-bond acceptors (Lipinski definition) is 3. The molecule has 1 aromatic carbocycles. The fourth-order valence-corrected chi connectivity index (χ4v) is 2.47. The Hall–Kier alpha value is -1.61. The fourth-order valence-electron chi connectivity index (χ4n) is 2.47. The molecule has 0 saturated carbocycles. The third-order valence-electron chi connectivity index (χ3n) is 4.26. The maximum absolute atomic E-state index is 11.5. The van der Waals surface area contributed by atoms with Crippen LogP contribution in [0.4, 0.5) is 0 Å². The largest absolute Gasteiger partial charge is 0.456 e. The molecule has 0 heterocycles. The van der Waals surface area contributed by atoms with E-state index in [4.69, 9.17) is 9.47 Å². The van der Waals surface area contributed by atoms with Crippen LogP contribution in [-0.2, 0) is 19.9 Å². The Morgan fingerprint density at radius 2 is 1.77 bits per heavy atom. The van der Waals surface area contributed by atoms with Crippen molar-refractivity contribution in [2.24, 2.45) is 0 Å². The quantitative estimate of drug-likeness (QED) is 0.493. The molecule has 1 rings (SSSR count). The van der Waals surface area contributed by atoms with Crippen LogP contribution in [-0.4, -0.2) is 18.2 Å². The Balaban J connectivity index is 2.66. The van der Waals surface area contributed by atoms with Gasteiger partial charge in [0.2, 0.25) is 0 Å². The summed E-state index contributed by atoms with van der Waals surface area (Å²) in [4.78, 5) is 11.5. The van der Waals surface area contributed by atoms with E-state index in [1.54, 1.807) is 0 Å². The summed E-state index contributed by atoms with van der Waals surface area (Å²) in [6, 6.07) is 10.1. The molecule has 3 nitrogen and oxygen atoms in total. The molecule has 0 aromatic heterocycles. The van der Waals surface area contributed by atoms with E-state index in [0.29, 0.717) is 13.0 Å². The van der Waals surface area contributed by atoms with Gasteiger partial charge in [0.15, 0.2) is 0 Å². The molecule has 0 aliphatic carbocycles. The molecule has 0 N–H and O–H groups in total. The maximum Gasteiger partial charge on any atom is 0.330 e. The van der Waals surface area contributed by atoms with Crippen molar-refractivity contribution in [1.29, 1.82) is 0 Å². The van der Waals surface area contributed by atoms with Crippen molar-refractivity contribution >= 4 is 5.97 Å². The van der Waals surface area contributed by atoms with E-state index in [1.165, 1.54) is 6.08 Å². The third-order valence-corrected chi connectivity index (χ3v) is 4.26. The number of rotatable bonds is 9. The minimum atomic E-state index is -0.474. The number of hydrogen-bond donors (Lipinski definition) is 0. The predicted octanol–water partition coefficient (Wildman–Crippen LogP) is 4.62. The summed E-state index contributed by atoms with van der Waals surface area (Å²) in [6.45, 7) is 12.2. The van der Waals surface area contributed by atoms with E-state index >= 15 is 0 Å². The van der Waals surface area contributed by atoms with E-state index in [0.717, 1.165) is 18.4 Å². The molecule has 122 valence electrons. The Labute approximate surface area is 134 Å². The van der Waals surface area contributed by atoms with E-state index in [2.05, 4.69) is 32.6 Å². The Morgan fingerprint density at radius 1 is 1.18 bits per heavy atom. The fraction of sp³-hybridized carbons (Fsp3) is 0.526. The first kappa shape index (κ1) is 18.4. The van der Waals surface area contributed by atoms with Gasteiger partial charge in [0.05, 0.1) is 12.2 Å². The minimum absolute atomic E-state index is 0.364. The van der Waals surface area contributed by atoms with Crippen LogP contribution >= 0.6 is 0 Å². The van der Waals surface area contributed by atoms with E-state index < -0.39 is 5.60 Å². The van der Waals surface area contributed by atoms with Gasteiger partial charge >= 0.3 is 5.97 Å². The van der Waals surface area contributed by atoms with Gasteiger partial charge in [0.1, 0.15) is 5.60 Å². The zero-order valence-electron chi connectivity index (χ0n) is 14.2. The molecule has 0 aliphatic rings. The van der Waals surface area contributed by atoms with Crippen molar-refractivity contribution in [3.05, 3.63) is 48.6 Å². The van der Waals surface area contributed by atoms with Crippen LogP contribution in [0.1, 0.15) is 52.5 Å². The van der Waals surface area contributed by atoms with E-state index in [1.807, 2.05) is 32.0 Å². The van der Waals surface area contributed by atoms with Gasteiger partial charge in [0, 0.05) is 12.5 Å². The van der Waals surface area contributed by atoms with Gasteiger partial charge in [0.25, 0.3) is 0 Å². The second-order valence-electron chi connectivity index (χ2n) is 5.99. The van der Waals surface area contributed by atoms with Crippen LogP contribution < -0.4 is 0 Å². The first-order valence-electron chi connectivity index (χ1n) is 7.94. The highest BCUT2D eigenvalue weighted by atomic mass is 16.6. The number of carbonyl (C=O) groups excluding carboxylic acids is 1. The molecule has 0 radical (unpaired) electrons. The van der Waals surface area contributed by atoms with Gasteiger partial charge in [-0.05, 0) is 32.3 Å². The smallest absolute Gasteiger partial charge is 0.330 e. The van der Waals surface area contributed by atoms with Gasteiger partial charge in [-0.1, -0.05) is 50.8 Å². The number of ether oxygens (including phenoxy) is 2. The van der Waals surface area contributed by atoms with Crippen LogP contribution in [0, 0.1) is 0 Å². The zero-order valence-corrected chi connectivity index (χ0v) is 14.2. The topological polar surface area (TPSA) is 35.5 Å². The molecule has 0 fully saturated rings. The average molecular weight is 304 g/mol. The lowest BCUT2D eigenvalue weighted by atomic mass is 9.93. The summed E-state index contributed by atoms with van der Waals surface area (Å²) in [7, 11) is 0. The highest BCUT2D eigenvalue weighted by molar-refractivity contribution is 5.81. The van der Waals surface area contributed by atoms with Crippen LogP contribution in [0.15, 0.2) is 43.0 Å². The molecule has 0 bridgehead atoms. The summed E-state index contributed by atoms with van der Waals surface area (Å²) >= 11 is 0. The van der Waals surface area contributed by atoms with Crippen LogP contribution in [0.2, 0.25) is 0 Å². The summed E-state index contributed by atoms with van der Waals surface area (Å²) < 4.78 is 11.6. The van der Waals surface area contributed by atoms with Crippen molar-refractivity contribution in [2.75, 3.05) is 6.61 Å². The lowest BCUT2D eigenvalue weighted by Crippen LogP contribution is -2.36. The molecule has 3 heteroatoms. The number of esters is 1. The molecule has 0 amide bonds. The summed E-state index contributed by atoms with van der Waals surface area (Å²) in [5.41, 5.74) is 0.297. The monoisotopic (exact) mass is 304 g/mol. The molecule has 1 aromatic rings. The van der Waals surface area contributed by atoms with Crippen molar-refractivity contribution in [3.63, 3.8) is 0 Å². The average Bonchev–Trinajstić information content (AvgIpc) is 2.54. The molecule has 0 spiro atoms. The van der Waals surface area contributed by atoms with Gasteiger partial charge < -0.3 is 9.47 Å². The Kier molecular flexibility index (Phi) is 6.82. The second kappa shape index (κ2) is 8.14. The lowest BCUT2D eigenvalue weighted by molar-refractivity contribution is -0.158. The summed E-state index contributed by atoms with van der Waals surface area (Å²) in [5.74, 6) is -0.369. The van der Waals surface area contributed by atoms with Gasteiger partial charge in [-0.15, -0.1) is 0 Å². The SMILES string of the molecule is C=CC(=O)OC(CC)(CC)CCOC(C)(C)c1ccccc1. The molecule has 0 atom stereocenters. The highest BCUT2D eigenvalue weighted by Gasteiger charge is 2.31. The van der Waals surface area contributed by atoms with Crippen molar-refractivity contribution in [2.45, 2.75) is 58.2 Å². The highest BCUT2D eigenvalue weighted by Crippen LogP contribution is 2.29. The van der Waals surface area contributed by atoms with E-state index in [-0.39, 0.29) is 11.6 Å². The van der Waals surface area contributed by atoms with Crippen LogP contribution in [0.5, 0.6) is 0 Å². The minimum Gasteiger partial charge on any atom is -0.456 e. The normalized spacial score (nSPS) is 12.0. The van der Waals surface area contributed by atoms with Gasteiger partial charge in [-0.3, -0.25) is 0 Å². The number of benzene rings is 1. The van der Waals surface area contributed by atoms with E-state index in [9.17, 15) is 4.79 Å². The Morgan fingerprint density at radius 3 is 2.27 bits per heavy atom. The predicted molar refractivity (Wildman–Crippen MR) is 89.6 cm³/mol. The molecular formula is C19H28O3. The van der Waals surface area contributed by atoms with Crippen molar-refractivity contribution < 1.29 is 14.3 Å². The Bertz CT molecular complexity index is 473.